The van der Waals surface area contributed by atoms with Gasteiger partial charge in [0.05, 0.1) is 17.7 Å². The lowest BCUT2D eigenvalue weighted by molar-refractivity contribution is -0.155. The summed E-state index contributed by atoms with van der Waals surface area (Å²) in [5.74, 6) is -0.276. The van der Waals surface area contributed by atoms with E-state index in [-0.39, 0.29) is 29.2 Å². The van der Waals surface area contributed by atoms with Crippen LogP contribution in [0.1, 0.15) is 82.2 Å². The van der Waals surface area contributed by atoms with Crippen molar-refractivity contribution in [3.05, 3.63) is 20.8 Å². The predicted molar refractivity (Wildman–Crippen MR) is 137 cm³/mol. The molecule has 1 saturated heterocycles. The van der Waals surface area contributed by atoms with E-state index in [2.05, 4.69) is 6.92 Å². The summed E-state index contributed by atoms with van der Waals surface area (Å²) in [4.78, 5) is 48.0. The fraction of sp³-hybridized carbons (Fsp3) is 0.680. The van der Waals surface area contributed by atoms with Crippen LogP contribution in [0.3, 0.4) is 0 Å². The summed E-state index contributed by atoms with van der Waals surface area (Å²) in [5.41, 5.74) is 1.22. The maximum Gasteiger partial charge on any atom is 0.328 e. The summed E-state index contributed by atoms with van der Waals surface area (Å²) in [5, 5.41) is 1.39. The van der Waals surface area contributed by atoms with Gasteiger partial charge in [0.1, 0.15) is 10.9 Å². The molecule has 2 aromatic heterocycles. The number of likely N-dealkylation sites (tertiary alicyclic amines) is 1. The van der Waals surface area contributed by atoms with Gasteiger partial charge in [-0.15, -0.1) is 11.3 Å². The fourth-order valence-electron chi connectivity index (χ4n) is 4.97. The molecular weight excluding hydrogens is 470 g/mol. The Kier molecular flexibility index (Phi) is 8.34. The fourth-order valence-corrected chi connectivity index (χ4v) is 7.26. The number of carbonyl (C=O) groups is 2. The van der Waals surface area contributed by atoms with Crippen LogP contribution in [0, 0.1) is 0 Å². The van der Waals surface area contributed by atoms with Crippen molar-refractivity contribution >= 4 is 45.2 Å². The molecule has 0 spiro atoms. The molecule has 9 heteroatoms. The first-order chi connectivity index (χ1) is 16.5. The first-order valence-corrected chi connectivity index (χ1v) is 14.4. The average Bonchev–Trinajstić information content (AvgIpc) is 3.03. The Hall–Kier alpha value is -1.87. The first-order valence-electron chi connectivity index (χ1n) is 12.6. The second-order valence-electron chi connectivity index (χ2n) is 9.21. The van der Waals surface area contributed by atoms with E-state index in [1.54, 1.807) is 27.7 Å². The van der Waals surface area contributed by atoms with Gasteiger partial charge in [-0.1, -0.05) is 25.1 Å². The van der Waals surface area contributed by atoms with Crippen molar-refractivity contribution in [1.29, 1.82) is 0 Å². The minimum atomic E-state index is -0.512. The predicted octanol–water partition coefficient (Wildman–Crippen LogP) is 4.73. The van der Waals surface area contributed by atoms with Crippen molar-refractivity contribution in [2.75, 3.05) is 18.9 Å². The van der Waals surface area contributed by atoms with E-state index in [0.29, 0.717) is 24.7 Å². The number of fused-ring (bicyclic) bond motifs is 3. The van der Waals surface area contributed by atoms with Crippen molar-refractivity contribution in [1.82, 2.24) is 14.5 Å². The molecule has 1 aliphatic heterocycles. The Bertz CT molecular complexity index is 1110. The van der Waals surface area contributed by atoms with Gasteiger partial charge < -0.3 is 9.64 Å². The van der Waals surface area contributed by atoms with Gasteiger partial charge in [0, 0.05) is 17.5 Å². The van der Waals surface area contributed by atoms with E-state index < -0.39 is 6.04 Å². The van der Waals surface area contributed by atoms with Gasteiger partial charge in [-0.2, -0.15) is 0 Å². The summed E-state index contributed by atoms with van der Waals surface area (Å²) in [6, 6.07) is -0.521. The molecule has 0 saturated carbocycles. The molecule has 2 aliphatic rings. The molecule has 1 aliphatic carbocycles. The lowest BCUT2D eigenvalue weighted by Crippen LogP contribution is -2.49. The standard InChI is InChI=1S/C25H35N3O4S2/c1-4-16(3)28-23(30)21-17-11-7-6-8-13-19(17)34-22(21)26-25(28)33-15-20(29)27-14-10-9-12-18(27)24(31)32-5-2/h16,18H,4-15H2,1-3H3/t16-,18+/m0/s1. The molecule has 34 heavy (non-hydrogen) atoms. The molecule has 0 radical (unpaired) electrons. The highest BCUT2D eigenvalue weighted by atomic mass is 32.2. The van der Waals surface area contributed by atoms with Crippen molar-refractivity contribution in [3.63, 3.8) is 0 Å². The van der Waals surface area contributed by atoms with Gasteiger partial charge in [0.2, 0.25) is 5.91 Å². The summed E-state index contributed by atoms with van der Waals surface area (Å²) in [6.45, 7) is 6.75. The zero-order valence-electron chi connectivity index (χ0n) is 20.4. The molecule has 4 rings (SSSR count). The molecule has 0 unspecified atom stereocenters. The number of aryl methyl sites for hydroxylation is 2. The van der Waals surface area contributed by atoms with Crippen molar-refractivity contribution in [3.8, 4) is 0 Å². The molecule has 1 amide bonds. The molecule has 2 aromatic rings. The summed E-state index contributed by atoms with van der Waals surface area (Å²) < 4.78 is 7.00. The highest BCUT2D eigenvalue weighted by Gasteiger charge is 2.33. The van der Waals surface area contributed by atoms with Crippen LogP contribution >= 0.6 is 23.1 Å². The number of hydrogen-bond acceptors (Lipinski definition) is 7. The van der Waals surface area contributed by atoms with E-state index in [9.17, 15) is 14.4 Å². The molecule has 1 fully saturated rings. The summed E-state index contributed by atoms with van der Waals surface area (Å²) >= 11 is 2.96. The van der Waals surface area contributed by atoms with Gasteiger partial charge >= 0.3 is 5.97 Å². The number of esters is 1. The number of amides is 1. The SMILES string of the molecule is CCOC(=O)[C@H]1CCCCN1C(=O)CSc1nc2sc3c(c2c(=O)n1[C@@H](C)CC)CCCCC3. The van der Waals surface area contributed by atoms with E-state index in [1.807, 2.05) is 6.92 Å². The summed E-state index contributed by atoms with van der Waals surface area (Å²) in [7, 11) is 0. The Balaban J connectivity index is 1.62. The van der Waals surface area contributed by atoms with Crippen molar-refractivity contribution in [2.45, 2.75) is 95.8 Å². The lowest BCUT2D eigenvalue weighted by atomic mass is 10.0. The quantitative estimate of drug-likeness (QED) is 0.234. The first kappa shape index (κ1) is 25.2. The van der Waals surface area contributed by atoms with E-state index >= 15 is 0 Å². The second kappa shape index (κ2) is 11.2. The minimum Gasteiger partial charge on any atom is -0.464 e. The number of carbonyl (C=O) groups excluding carboxylic acids is 2. The molecular formula is C25H35N3O4S2. The lowest BCUT2D eigenvalue weighted by Gasteiger charge is -2.34. The number of thiophene rings is 1. The van der Waals surface area contributed by atoms with Crippen LogP contribution in [0.5, 0.6) is 0 Å². The van der Waals surface area contributed by atoms with Crippen molar-refractivity contribution in [2.24, 2.45) is 0 Å². The van der Waals surface area contributed by atoms with Gasteiger partial charge in [-0.05, 0) is 70.8 Å². The van der Waals surface area contributed by atoms with Crippen LogP contribution in [0.25, 0.3) is 10.2 Å². The number of aromatic nitrogens is 2. The molecule has 0 bridgehead atoms. The molecule has 0 aromatic carbocycles. The monoisotopic (exact) mass is 505 g/mol. The van der Waals surface area contributed by atoms with Crippen LogP contribution in [0.2, 0.25) is 0 Å². The van der Waals surface area contributed by atoms with Gasteiger partial charge in [-0.3, -0.25) is 14.2 Å². The third-order valence-electron chi connectivity index (χ3n) is 6.98. The molecule has 7 nitrogen and oxygen atoms in total. The van der Waals surface area contributed by atoms with Gasteiger partial charge in [-0.25, -0.2) is 9.78 Å². The maximum atomic E-state index is 13.7. The zero-order valence-corrected chi connectivity index (χ0v) is 22.1. The molecule has 2 atom stereocenters. The minimum absolute atomic E-state index is 0.00871. The zero-order chi connectivity index (χ0) is 24.2. The van der Waals surface area contributed by atoms with Gasteiger partial charge in [0.15, 0.2) is 5.16 Å². The number of hydrogen-bond donors (Lipinski definition) is 0. The maximum absolute atomic E-state index is 13.7. The molecule has 186 valence electrons. The Morgan fingerprint density at radius 1 is 1.18 bits per heavy atom. The number of rotatable bonds is 7. The van der Waals surface area contributed by atoms with Gasteiger partial charge in [0.25, 0.3) is 5.56 Å². The van der Waals surface area contributed by atoms with E-state index in [1.165, 1.54) is 28.6 Å². The van der Waals surface area contributed by atoms with Crippen LogP contribution in [-0.4, -0.2) is 51.3 Å². The van der Waals surface area contributed by atoms with E-state index in [4.69, 9.17) is 9.72 Å². The second-order valence-corrected chi connectivity index (χ2v) is 11.2. The summed E-state index contributed by atoms with van der Waals surface area (Å²) in [6.07, 6.45) is 8.68. The Morgan fingerprint density at radius 2 is 1.97 bits per heavy atom. The van der Waals surface area contributed by atoms with Crippen LogP contribution < -0.4 is 5.56 Å². The largest absolute Gasteiger partial charge is 0.464 e. The highest BCUT2D eigenvalue weighted by Crippen LogP contribution is 2.35. The third-order valence-corrected chi connectivity index (χ3v) is 9.10. The number of ether oxygens (including phenoxy) is 1. The number of nitrogens with zero attached hydrogens (tertiary/aromatic N) is 3. The average molecular weight is 506 g/mol. The number of thioether (sulfide) groups is 1. The topological polar surface area (TPSA) is 81.5 Å². The van der Waals surface area contributed by atoms with E-state index in [0.717, 1.165) is 55.2 Å². The third kappa shape index (κ3) is 5.05. The Morgan fingerprint density at radius 3 is 2.74 bits per heavy atom. The van der Waals surface area contributed by atoms with Crippen LogP contribution in [-0.2, 0) is 27.2 Å². The van der Waals surface area contributed by atoms with Crippen LogP contribution in [0.15, 0.2) is 9.95 Å². The number of piperidine rings is 1. The van der Waals surface area contributed by atoms with Crippen molar-refractivity contribution < 1.29 is 14.3 Å². The Labute approximate surface area is 209 Å². The highest BCUT2D eigenvalue weighted by molar-refractivity contribution is 7.99. The molecule has 3 heterocycles. The van der Waals surface area contributed by atoms with Crippen LogP contribution in [0.4, 0.5) is 0 Å². The smallest absolute Gasteiger partial charge is 0.328 e. The normalized spacial score (nSPS) is 19.5. The molecule has 0 N–H and O–H groups in total.